The van der Waals surface area contributed by atoms with Crippen molar-refractivity contribution in [3.8, 4) is 0 Å². The normalized spacial score (nSPS) is 24.5. The van der Waals surface area contributed by atoms with Crippen LogP contribution in [-0.4, -0.2) is 18.9 Å². The molecule has 0 aromatic rings. The molecule has 0 atom stereocenters. The lowest BCUT2D eigenvalue weighted by Gasteiger charge is -2.22. The zero-order valence-corrected chi connectivity index (χ0v) is 9.63. The van der Waals surface area contributed by atoms with Crippen LogP contribution in [0.2, 0.25) is 0 Å². The van der Waals surface area contributed by atoms with Gasteiger partial charge in [0.05, 0.1) is 0 Å². The lowest BCUT2D eigenvalue weighted by Crippen LogP contribution is -2.29. The van der Waals surface area contributed by atoms with Gasteiger partial charge in [-0.1, -0.05) is 25.7 Å². The number of hydrogen-bond donors (Lipinski definition) is 1. The largest absolute Gasteiger partial charge is 0.317 e. The van der Waals surface area contributed by atoms with Crippen molar-refractivity contribution in [3.63, 3.8) is 0 Å². The van der Waals surface area contributed by atoms with Crippen molar-refractivity contribution in [2.75, 3.05) is 13.1 Å². The molecule has 0 bridgehead atoms. The topological polar surface area (TPSA) is 29.1 Å². The number of ketones is 1. The van der Waals surface area contributed by atoms with Crippen LogP contribution in [0.5, 0.6) is 0 Å². The lowest BCUT2D eigenvalue weighted by atomic mass is 9.89. The van der Waals surface area contributed by atoms with Crippen molar-refractivity contribution in [2.45, 2.75) is 51.4 Å². The predicted octanol–water partition coefficient (Wildman–Crippen LogP) is 2.53. The minimum absolute atomic E-state index is 0.536. The van der Waals surface area contributed by atoms with Crippen molar-refractivity contribution in [1.29, 1.82) is 0 Å². The molecular weight excluding hydrogens is 186 g/mol. The predicted molar refractivity (Wildman–Crippen MR) is 61.8 cm³/mol. The molecular formula is C13H23NO. The summed E-state index contributed by atoms with van der Waals surface area (Å²) in [5.41, 5.74) is 0. The van der Waals surface area contributed by atoms with E-state index in [-0.39, 0.29) is 0 Å². The molecule has 1 N–H and O–H groups in total. The van der Waals surface area contributed by atoms with E-state index in [1.807, 2.05) is 0 Å². The molecule has 0 unspecified atom stereocenters. The van der Waals surface area contributed by atoms with Crippen molar-refractivity contribution in [3.05, 3.63) is 0 Å². The molecule has 1 heterocycles. The summed E-state index contributed by atoms with van der Waals surface area (Å²) in [4.78, 5) is 11.8. The number of nitrogens with one attached hydrogen (secondary N) is 1. The molecule has 0 aromatic carbocycles. The lowest BCUT2D eigenvalue weighted by molar-refractivity contribution is -0.121. The highest BCUT2D eigenvalue weighted by Crippen LogP contribution is 2.29. The molecule has 2 fully saturated rings. The second-order valence-corrected chi connectivity index (χ2v) is 5.29. The molecule has 2 rings (SSSR count). The summed E-state index contributed by atoms with van der Waals surface area (Å²) < 4.78 is 0. The van der Waals surface area contributed by atoms with E-state index < -0.39 is 0 Å². The van der Waals surface area contributed by atoms with E-state index in [0.29, 0.717) is 11.7 Å². The van der Waals surface area contributed by atoms with Gasteiger partial charge in [-0.3, -0.25) is 4.79 Å². The Hall–Kier alpha value is -0.370. The smallest absolute Gasteiger partial charge is 0.133 e. The highest BCUT2D eigenvalue weighted by molar-refractivity contribution is 5.78. The third-order valence-corrected chi connectivity index (χ3v) is 3.97. The first-order chi connectivity index (χ1) is 7.34. The van der Waals surface area contributed by atoms with Crippen LogP contribution in [0.4, 0.5) is 0 Å². The average Bonchev–Trinajstić information content (AvgIpc) is 2.71. The third kappa shape index (κ3) is 3.60. The van der Waals surface area contributed by atoms with Crippen molar-refractivity contribution >= 4 is 5.78 Å². The number of carbonyl (C=O) groups excluding carboxylic acids is 1. The van der Waals surface area contributed by atoms with E-state index >= 15 is 0 Å². The van der Waals surface area contributed by atoms with Crippen LogP contribution in [0, 0.1) is 11.8 Å². The first kappa shape index (κ1) is 11.1. The van der Waals surface area contributed by atoms with E-state index in [1.165, 1.54) is 38.5 Å². The van der Waals surface area contributed by atoms with Gasteiger partial charge in [-0.05, 0) is 37.8 Å². The molecule has 1 aliphatic heterocycles. The fourth-order valence-electron chi connectivity index (χ4n) is 3.03. The molecule has 1 saturated carbocycles. The molecule has 0 aromatic heterocycles. The Morgan fingerprint density at radius 1 is 0.933 bits per heavy atom. The molecule has 0 radical (unpaired) electrons. The third-order valence-electron chi connectivity index (χ3n) is 3.97. The fraction of sp³-hybridized carbons (Fsp3) is 0.923. The monoisotopic (exact) mass is 209 g/mol. The highest BCUT2D eigenvalue weighted by atomic mass is 16.1. The molecule has 0 spiro atoms. The highest BCUT2D eigenvalue weighted by Gasteiger charge is 2.21. The number of Topliss-reactive ketones (excluding diaryl/α,β-unsaturated/α-hetero) is 1. The minimum Gasteiger partial charge on any atom is -0.317 e. The maximum atomic E-state index is 11.8. The standard InChI is InChI=1S/C13H23NO/c15-13(9-11-3-1-2-4-11)10-12-5-7-14-8-6-12/h11-12,14H,1-10H2. The zero-order valence-electron chi connectivity index (χ0n) is 9.63. The first-order valence-electron chi connectivity index (χ1n) is 6.57. The van der Waals surface area contributed by atoms with Gasteiger partial charge >= 0.3 is 0 Å². The Bertz CT molecular complexity index is 203. The second-order valence-electron chi connectivity index (χ2n) is 5.29. The number of piperidine rings is 1. The van der Waals surface area contributed by atoms with Crippen LogP contribution in [0.3, 0.4) is 0 Å². The van der Waals surface area contributed by atoms with Crippen molar-refractivity contribution in [1.82, 2.24) is 5.32 Å². The van der Waals surface area contributed by atoms with Gasteiger partial charge in [-0.2, -0.15) is 0 Å². The van der Waals surface area contributed by atoms with Gasteiger partial charge < -0.3 is 5.32 Å². The summed E-state index contributed by atoms with van der Waals surface area (Å²) in [6, 6.07) is 0. The molecule has 1 saturated heterocycles. The second kappa shape index (κ2) is 5.64. The van der Waals surface area contributed by atoms with Gasteiger partial charge in [0.2, 0.25) is 0 Å². The summed E-state index contributed by atoms with van der Waals surface area (Å²) in [7, 11) is 0. The maximum Gasteiger partial charge on any atom is 0.133 e. The molecule has 2 aliphatic rings. The maximum absolute atomic E-state index is 11.8. The van der Waals surface area contributed by atoms with Gasteiger partial charge in [-0.25, -0.2) is 0 Å². The molecule has 0 amide bonds. The summed E-state index contributed by atoms with van der Waals surface area (Å²) >= 11 is 0. The Labute approximate surface area is 92.8 Å². The first-order valence-corrected chi connectivity index (χ1v) is 6.57. The Morgan fingerprint density at radius 2 is 1.47 bits per heavy atom. The number of hydrogen-bond acceptors (Lipinski definition) is 2. The molecule has 1 aliphatic carbocycles. The summed E-state index contributed by atoms with van der Waals surface area (Å²) in [6.45, 7) is 2.22. The zero-order chi connectivity index (χ0) is 10.5. The van der Waals surface area contributed by atoms with Gasteiger partial charge in [0.1, 0.15) is 5.78 Å². The van der Waals surface area contributed by atoms with Crippen LogP contribution in [-0.2, 0) is 4.79 Å². The van der Waals surface area contributed by atoms with Crippen molar-refractivity contribution < 1.29 is 4.79 Å². The van der Waals surface area contributed by atoms with Crippen molar-refractivity contribution in [2.24, 2.45) is 11.8 Å². The number of rotatable bonds is 4. The van der Waals surface area contributed by atoms with Gasteiger partial charge in [0, 0.05) is 12.8 Å². The summed E-state index contributed by atoms with van der Waals surface area (Å²) in [6.07, 6.45) is 9.46. The Balaban J connectivity index is 1.66. The van der Waals surface area contributed by atoms with Gasteiger partial charge in [-0.15, -0.1) is 0 Å². The van der Waals surface area contributed by atoms with Crippen LogP contribution in [0.15, 0.2) is 0 Å². The van der Waals surface area contributed by atoms with E-state index in [1.54, 1.807) is 0 Å². The SMILES string of the molecule is O=C(CC1CCCC1)CC1CCNCC1. The van der Waals surface area contributed by atoms with Crippen LogP contribution >= 0.6 is 0 Å². The number of carbonyl (C=O) groups is 1. The van der Waals surface area contributed by atoms with E-state index in [2.05, 4.69) is 5.32 Å². The van der Waals surface area contributed by atoms with Gasteiger partial charge in [0.15, 0.2) is 0 Å². The quantitative estimate of drug-likeness (QED) is 0.771. The average molecular weight is 209 g/mol. The molecule has 2 heteroatoms. The van der Waals surface area contributed by atoms with E-state index in [9.17, 15) is 4.79 Å². The molecule has 86 valence electrons. The summed E-state index contributed by atoms with van der Waals surface area (Å²) in [5.74, 6) is 1.95. The fourth-order valence-corrected chi connectivity index (χ4v) is 3.03. The van der Waals surface area contributed by atoms with Gasteiger partial charge in [0.25, 0.3) is 0 Å². The van der Waals surface area contributed by atoms with Crippen LogP contribution in [0.25, 0.3) is 0 Å². The van der Waals surface area contributed by atoms with Crippen LogP contribution in [0.1, 0.15) is 51.4 Å². The summed E-state index contributed by atoms with van der Waals surface area (Å²) in [5, 5.41) is 3.35. The van der Waals surface area contributed by atoms with E-state index in [4.69, 9.17) is 0 Å². The Morgan fingerprint density at radius 3 is 2.07 bits per heavy atom. The molecule has 2 nitrogen and oxygen atoms in total. The minimum atomic E-state index is 0.536. The van der Waals surface area contributed by atoms with E-state index in [0.717, 1.165) is 31.8 Å². The Kier molecular flexibility index (Phi) is 4.18. The van der Waals surface area contributed by atoms with Crippen LogP contribution < -0.4 is 5.32 Å². The molecule has 15 heavy (non-hydrogen) atoms.